The van der Waals surface area contributed by atoms with Gasteiger partial charge in [-0.3, -0.25) is 4.68 Å². The highest BCUT2D eigenvalue weighted by Crippen LogP contribution is 2.10. The zero-order chi connectivity index (χ0) is 14.4. The Morgan fingerprint density at radius 1 is 1.40 bits per heavy atom. The molecule has 2 aromatic rings. The normalized spacial score (nSPS) is 10.1. The van der Waals surface area contributed by atoms with Gasteiger partial charge in [0.1, 0.15) is 5.82 Å². The second kappa shape index (κ2) is 6.81. The van der Waals surface area contributed by atoms with Gasteiger partial charge in [0.25, 0.3) is 0 Å². The van der Waals surface area contributed by atoms with E-state index in [9.17, 15) is 4.39 Å². The van der Waals surface area contributed by atoms with Crippen LogP contribution in [0.5, 0.6) is 0 Å². The third-order valence-electron chi connectivity index (χ3n) is 2.58. The summed E-state index contributed by atoms with van der Waals surface area (Å²) in [6, 6.07) is 8.42. The number of halogens is 1. The third kappa shape index (κ3) is 3.89. The van der Waals surface area contributed by atoms with E-state index >= 15 is 0 Å². The van der Waals surface area contributed by atoms with Crippen molar-refractivity contribution in [2.75, 3.05) is 11.9 Å². The van der Waals surface area contributed by atoms with Crippen LogP contribution in [0.15, 0.2) is 49.2 Å². The van der Waals surface area contributed by atoms with Gasteiger partial charge >= 0.3 is 0 Å². The fraction of sp³-hybridized carbons (Fsp3) is 0.143. The Balaban J connectivity index is 1.97. The molecule has 0 aliphatic heterocycles. The lowest BCUT2D eigenvalue weighted by atomic mass is 10.2. The zero-order valence-corrected chi connectivity index (χ0v) is 11.7. The van der Waals surface area contributed by atoms with E-state index in [1.807, 2.05) is 0 Å². The topological polar surface area (TPSA) is 41.9 Å². The van der Waals surface area contributed by atoms with E-state index < -0.39 is 0 Å². The molecule has 0 aliphatic carbocycles. The number of nitrogens with zero attached hydrogens (tertiary/aromatic N) is 2. The Morgan fingerprint density at radius 3 is 2.95 bits per heavy atom. The molecule has 0 saturated heterocycles. The summed E-state index contributed by atoms with van der Waals surface area (Å²) in [6.07, 6.45) is 3.48. The summed E-state index contributed by atoms with van der Waals surface area (Å²) in [5.41, 5.74) is 0.592. The van der Waals surface area contributed by atoms with Crippen LogP contribution in [-0.2, 0) is 6.54 Å². The van der Waals surface area contributed by atoms with Crippen LogP contribution < -0.4 is 10.6 Å². The molecule has 1 heterocycles. The summed E-state index contributed by atoms with van der Waals surface area (Å²) >= 11 is 5.08. The Bertz CT molecular complexity index is 609. The number of aromatic nitrogens is 2. The predicted molar refractivity (Wildman–Crippen MR) is 82.1 cm³/mol. The summed E-state index contributed by atoms with van der Waals surface area (Å²) < 4.78 is 15.2. The molecule has 2 N–H and O–H groups in total. The lowest BCUT2D eigenvalue weighted by Gasteiger charge is -2.06. The smallest absolute Gasteiger partial charge is 0.172 e. The fourth-order valence-electron chi connectivity index (χ4n) is 1.64. The van der Waals surface area contributed by atoms with Crippen molar-refractivity contribution >= 4 is 23.1 Å². The van der Waals surface area contributed by atoms with Crippen LogP contribution >= 0.6 is 12.2 Å². The molecule has 6 heteroatoms. The first-order valence-electron chi connectivity index (χ1n) is 6.11. The largest absolute Gasteiger partial charge is 0.359 e. The van der Waals surface area contributed by atoms with Crippen LogP contribution in [0.1, 0.15) is 5.56 Å². The number of thiocarbonyl (C=S) groups is 1. The van der Waals surface area contributed by atoms with E-state index in [2.05, 4.69) is 22.3 Å². The molecule has 0 unspecified atom stereocenters. The zero-order valence-electron chi connectivity index (χ0n) is 10.8. The first-order valence-corrected chi connectivity index (χ1v) is 6.52. The average Bonchev–Trinajstić information content (AvgIpc) is 2.86. The Labute approximate surface area is 122 Å². The molecule has 0 aliphatic rings. The molecule has 0 spiro atoms. The van der Waals surface area contributed by atoms with Gasteiger partial charge in [0, 0.05) is 24.4 Å². The van der Waals surface area contributed by atoms with Crippen LogP contribution in [0, 0.1) is 5.82 Å². The van der Waals surface area contributed by atoms with Crippen LogP contribution in [0.25, 0.3) is 0 Å². The van der Waals surface area contributed by atoms with Crippen LogP contribution in [0.4, 0.5) is 10.2 Å². The summed E-state index contributed by atoms with van der Waals surface area (Å²) in [7, 11) is 0. The van der Waals surface area contributed by atoms with Crippen molar-refractivity contribution in [2.45, 2.75) is 6.54 Å². The van der Waals surface area contributed by atoms with Gasteiger partial charge < -0.3 is 10.6 Å². The second-order valence-corrected chi connectivity index (χ2v) is 4.52. The van der Waals surface area contributed by atoms with Crippen molar-refractivity contribution in [1.29, 1.82) is 0 Å². The lowest BCUT2D eigenvalue weighted by Crippen LogP contribution is -2.28. The Hall–Kier alpha value is -2.21. The number of nitrogens with one attached hydrogen (secondary N) is 2. The quantitative estimate of drug-likeness (QED) is 0.656. The minimum Gasteiger partial charge on any atom is -0.359 e. The molecular weight excluding hydrogens is 275 g/mol. The standard InChI is InChI=1S/C14H15FN4S/c1-2-8-16-14(20)17-13-7-9-19(18-13)10-11-5-3-4-6-12(11)15/h2-7,9H,1,8,10H2,(H2,16,17,18,20). The average molecular weight is 290 g/mol. The Kier molecular flexibility index (Phi) is 4.84. The maximum Gasteiger partial charge on any atom is 0.172 e. The van der Waals surface area contributed by atoms with Crippen LogP contribution in [0.2, 0.25) is 0 Å². The van der Waals surface area contributed by atoms with E-state index in [0.29, 0.717) is 29.6 Å². The van der Waals surface area contributed by atoms with Gasteiger partial charge in [0.15, 0.2) is 10.9 Å². The van der Waals surface area contributed by atoms with Crippen molar-refractivity contribution < 1.29 is 4.39 Å². The van der Waals surface area contributed by atoms with Crippen molar-refractivity contribution in [2.24, 2.45) is 0 Å². The van der Waals surface area contributed by atoms with Crippen LogP contribution in [-0.4, -0.2) is 21.4 Å². The molecule has 1 aromatic carbocycles. The minimum atomic E-state index is -0.235. The van der Waals surface area contributed by atoms with E-state index in [0.717, 1.165) is 0 Å². The number of benzene rings is 1. The van der Waals surface area contributed by atoms with Crippen molar-refractivity contribution in [3.05, 3.63) is 60.6 Å². The first kappa shape index (κ1) is 14.2. The molecule has 0 saturated carbocycles. The van der Waals surface area contributed by atoms with Gasteiger partial charge in [-0.15, -0.1) is 6.58 Å². The highest BCUT2D eigenvalue weighted by Gasteiger charge is 2.04. The number of hydrogen-bond acceptors (Lipinski definition) is 2. The van der Waals surface area contributed by atoms with E-state index in [1.54, 1.807) is 41.2 Å². The molecule has 104 valence electrons. The highest BCUT2D eigenvalue weighted by atomic mass is 32.1. The number of rotatable bonds is 5. The summed E-state index contributed by atoms with van der Waals surface area (Å²) in [6.45, 7) is 4.56. The lowest BCUT2D eigenvalue weighted by molar-refractivity contribution is 0.586. The van der Waals surface area contributed by atoms with Crippen molar-refractivity contribution in [1.82, 2.24) is 15.1 Å². The van der Waals surface area contributed by atoms with Gasteiger partial charge in [-0.2, -0.15) is 5.10 Å². The predicted octanol–water partition coefficient (Wildman–Crippen LogP) is 2.54. The van der Waals surface area contributed by atoms with E-state index in [-0.39, 0.29) is 5.82 Å². The third-order valence-corrected chi connectivity index (χ3v) is 2.83. The maximum absolute atomic E-state index is 13.5. The van der Waals surface area contributed by atoms with Gasteiger partial charge in [0.05, 0.1) is 6.54 Å². The van der Waals surface area contributed by atoms with Crippen molar-refractivity contribution in [3.63, 3.8) is 0 Å². The summed E-state index contributed by atoms with van der Waals surface area (Å²) in [5, 5.41) is 10.6. The number of anilines is 1. The summed E-state index contributed by atoms with van der Waals surface area (Å²) in [5.74, 6) is 0.378. The molecule has 2 rings (SSSR count). The van der Waals surface area contributed by atoms with Crippen molar-refractivity contribution in [3.8, 4) is 0 Å². The molecule has 1 aromatic heterocycles. The molecule has 20 heavy (non-hydrogen) atoms. The molecule has 0 bridgehead atoms. The minimum absolute atomic E-state index is 0.235. The molecule has 0 amide bonds. The Morgan fingerprint density at radius 2 is 2.20 bits per heavy atom. The summed E-state index contributed by atoms with van der Waals surface area (Å²) in [4.78, 5) is 0. The fourth-order valence-corrected chi connectivity index (χ4v) is 1.83. The van der Waals surface area contributed by atoms with Gasteiger partial charge in [0.2, 0.25) is 0 Å². The molecule has 0 fully saturated rings. The number of hydrogen-bond donors (Lipinski definition) is 2. The van der Waals surface area contributed by atoms with Crippen LogP contribution in [0.3, 0.4) is 0 Å². The molecule has 4 nitrogen and oxygen atoms in total. The highest BCUT2D eigenvalue weighted by molar-refractivity contribution is 7.80. The molecule has 0 atom stereocenters. The molecular formula is C14H15FN4S. The first-order chi connectivity index (χ1) is 9.69. The SMILES string of the molecule is C=CCNC(=S)Nc1ccn(Cc2ccccc2F)n1. The maximum atomic E-state index is 13.5. The molecule has 0 radical (unpaired) electrons. The monoisotopic (exact) mass is 290 g/mol. The van der Waals surface area contributed by atoms with E-state index in [4.69, 9.17) is 12.2 Å². The second-order valence-electron chi connectivity index (χ2n) is 4.11. The van der Waals surface area contributed by atoms with Gasteiger partial charge in [-0.25, -0.2) is 4.39 Å². The van der Waals surface area contributed by atoms with Gasteiger partial charge in [-0.05, 0) is 18.3 Å². The van der Waals surface area contributed by atoms with E-state index in [1.165, 1.54) is 6.07 Å². The van der Waals surface area contributed by atoms with Gasteiger partial charge in [-0.1, -0.05) is 24.3 Å².